The van der Waals surface area contributed by atoms with Crippen LogP contribution in [0.15, 0.2) is 29.5 Å². The third-order valence-electron chi connectivity index (χ3n) is 7.97. The van der Waals surface area contributed by atoms with Crippen LogP contribution in [0.4, 0.5) is 23.9 Å². The summed E-state index contributed by atoms with van der Waals surface area (Å²) in [6, 6.07) is 0.677. The lowest BCUT2D eigenvalue weighted by atomic mass is 9.84. The number of carbonyl (C=O) groups excluding carboxylic acids is 1. The van der Waals surface area contributed by atoms with Crippen LogP contribution in [0.5, 0.6) is 5.75 Å². The van der Waals surface area contributed by atoms with Crippen LogP contribution in [0.25, 0.3) is 0 Å². The largest absolute Gasteiger partial charge is 0.490 e. The highest BCUT2D eigenvalue weighted by molar-refractivity contribution is 5.93. The topological polar surface area (TPSA) is 123 Å². The highest BCUT2D eigenvalue weighted by atomic mass is 19.2. The lowest BCUT2D eigenvalue weighted by molar-refractivity contribution is 0.149. The number of ether oxygens (including phenoxy) is 1. The molecule has 218 valence electrons. The zero-order chi connectivity index (χ0) is 29.0. The second-order valence-corrected chi connectivity index (χ2v) is 11.1. The van der Waals surface area contributed by atoms with Crippen LogP contribution in [0.1, 0.15) is 51.5 Å². The second-order valence-electron chi connectivity index (χ2n) is 11.1. The van der Waals surface area contributed by atoms with Gasteiger partial charge in [0.2, 0.25) is 5.95 Å². The van der Waals surface area contributed by atoms with Gasteiger partial charge in [-0.2, -0.15) is 4.99 Å². The van der Waals surface area contributed by atoms with Crippen molar-refractivity contribution < 1.29 is 22.7 Å². The maximum Gasteiger partial charge on any atom is 0.345 e. The van der Waals surface area contributed by atoms with Gasteiger partial charge in [0.15, 0.2) is 17.4 Å². The fourth-order valence-corrected chi connectivity index (χ4v) is 5.26. The van der Waals surface area contributed by atoms with Crippen molar-refractivity contribution in [1.82, 2.24) is 14.9 Å². The summed E-state index contributed by atoms with van der Waals surface area (Å²) in [4.78, 5) is 28.6. The van der Waals surface area contributed by atoms with Crippen molar-refractivity contribution in [2.45, 2.75) is 52.0 Å². The number of aliphatic imine (C=N–C) groups is 1. The standard InChI is InChI=1S/C28H38F3N7O2/c1-16(2)26(33)36-28(39)37-7-4-18(5-8-37)17(3)6-9-40-19-12-34-27(35-13-19)38-14-21(25(32)15-38)20-10-23(30)24(31)11-22(20)29/h10-13,16-18,21,25H,4-9,14-15,32H2,1-3H3,(H2,33,36,39). The van der Waals surface area contributed by atoms with Gasteiger partial charge in [-0.05, 0) is 42.7 Å². The average molecular weight is 562 g/mol. The Labute approximate surface area is 232 Å². The van der Waals surface area contributed by atoms with Gasteiger partial charge in [0.05, 0.1) is 19.0 Å². The molecular formula is C28H38F3N7O2. The number of hydrogen-bond acceptors (Lipinski definition) is 6. The van der Waals surface area contributed by atoms with Crippen molar-refractivity contribution in [2.24, 2.45) is 34.2 Å². The number of nitrogens with two attached hydrogens (primary N) is 2. The Morgan fingerprint density at radius 1 is 1.07 bits per heavy atom. The Kier molecular flexibility index (Phi) is 9.49. The van der Waals surface area contributed by atoms with E-state index in [1.54, 1.807) is 22.2 Å². The number of piperidine rings is 1. The number of amidine groups is 1. The third kappa shape index (κ3) is 7.01. The molecule has 4 N–H and O–H groups in total. The molecule has 2 saturated heterocycles. The number of rotatable bonds is 8. The van der Waals surface area contributed by atoms with Gasteiger partial charge in [-0.15, -0.1) is 0 Å². The molecule has 0 bridgehead atoms. The molecule has 4 rings (SSSR count). The summed E-state index contributed by atoms with van der Waals surface area (Å²) in [7, 11) is 0. The molecule has 0 aliphatic carbocycles. The molecule has 12 heteroatoms. The van der Waals surface area contributed by atoms with E-state index in [0.29, 0.717) is 61.7 Å². The van der Waals surface area contributed by atoms with Crippen LogP contribution in [0.2, 0.25) is 0 Å². The van der Waals surface area contributed by atoms with Gasteiger partial charge in [0.25, 0.3) is 0 Å². The minimum Gasteiger partial charge on any atom is -0.490 e. The maximum absolute atomic E-state index is 14.3. The Morgan fingerprint density at radius 2 is 1.73 bits per heavy atom. The molecule has 2 aromatic rings. The number of amides is 2. The number of nitrogens with zero attached hydrogens (tertiary/aromatic N) is 5. The molecule has 9 nitrogen and oxygen atoms in total. The summed E-state index contributed by atoms with van der Waals surface area (Å²) in [5.74, 6) is -1.43. The molecule has 3 unspecified atom stereocenters. The summed E-state index contributed by atoms with van der Waals surface area (Å²) in [6.07, 6.45) is 5.83. The molecule has 3 heterocycles. The maximum atomic E-state index is 14.3. The third-order valence-corrected chi connectivity index (χ3v) is 7.97. The molecule has 2 aliphatic heterocycles. The summed E-state index contributed by atoms with van der Waals surface area (Å²) in [6.45, 7) is 8.49. The molecule has 2 amide bonds. The van der Waals surface area contributed by atoms with E-state index < -0.39 is 29.4 Å². The van der Waals surface area contributed by atoms with Gasteiger partial charge in [-0.3, -0.25) is 0 Å². The van der Waals surface area contributed by atoms with E-state index in [0.717, 1.165) is 25.3 Å². The fourth-order valence-electron chi connectivity index (χ4n) is 5.26. The SMILES string of the molecule is CC(C)C(N)=NC(=O)N1CCC(C(C)CCOc2cnc(N3CC(N)C(c4cc(F)c(F)cc4F)C3)nc2)CC1. The number of benzene rings is 1. The van der Waals surface area contributed by atoms with E-state index in [-0.39, 0.29) is 24.1 Å². The summed E-state index contributed by atoms with van der Waals surface area (Å²) < 4.78 is 47.2. The van der Waals surface area contributed by atoms with Crippen molar-refractivity contribution in [2.75, 3.05) is 37.7 Å². The molecule has 1 aromatic heterocycles. The highest BCUT2D eigenvalue weighted by Gasteiger charge is 2.35. The molecule has 0 spiro atoms. The predicted molar refractivity (Wildman–Crippen MR) is 147 cm³/mol. The Morgan fingerprint density at radius 3 is 2.38 bits per heavy atom. The molecule has 2 fully saturated rings. The van der Waals surface area contributed by atoms with Crippen LogP contribution in [0.3, 0.4) is 0 Å². The normalized spacial score (nSPS) is 21.2. The van der Waals surface area contributed by atoms with E-state index in [4.69, 9.17) is 16.2 Å². The number of anilines is 1. The van der Waals surface area contributed by atoms with E-state index in [1.165, 1.54) is 0 Å². The van der Waals surface area contributed by atoms with E-state index >= 15 is 0 Å². The molecule has 40 heavy (non-hydrogen) atoms. The smallest absolute Gasteiger partial charge is 0.345 e. The van der Waals surface area contributed by atoms with Crippen LogP contribution < -0.4 is 21.1 Å². The highest BCUT2D eigenvalue weighted by Crippen LogP contribution is 2.32. The van der Waals surface area contributed by atoms with Crippen molar-refractivity contribution in [3.8, 4) is 5.75 Å². The van der Waals surface area contributed by atoms with Gasteiger partial charge in [-0.1, -0.05) is 20.8 Å². The molecule has 0 radical (unpaired) electrons. The van der Waals surface area contributed by atoms with E-state index in [2.05, 4.69) is 21.9 Å². The van der Waals surface area contributed by atoms with Gasteiger partial charge in [0, 0.05) is 50.1 Å². The Hall–Kier alpha value is -3.41. The van der Waals surface area contributed by atoms with Crippen LogP contribution in [-0.4, -0.2) is 65.6 Å². The molecule has 3 atom stereocenters. The summed E-state index contributed by atoms with van der Waals surface area (Å²) in [5.41, 5.74) is 12.1. The average Bonchev–Trinajstić information content (AvgIpc) is 3.32. The van der Waals surface area contributed by atoms with Crippen molar-refractivity contribution in [3.05, 3.63) is 47.5 Å². The van der Waals surface area contributed by atoms with Gasteiger partial charge in [-0.25, -0.2) is 27.9 Å². The second kappa shape index (κ2) is 12.8. The Bertz CT molecular complexity index is 1200. The van der Waals surface area contributed by atoms with Gasteiger partial charge < -0.3 is 26.0 Å². The lowest BCUT2D eigenvalue weighted by Gasteiger charge is -2.34. The Balaban J connectivity index is 1.22. The fraction of sp³-hybridized carbons (Fsp3) is 0.571. The van der Waals surface area contributed by atoms with Crippen molar-refractivity contribution in [3.63, 3.8) is 0 Å². The number of likely N-dealkylation sites (tertiary alicyclic amines) is 1. The van der Waals surface area contributed by atoms with E-state index in [1.807, 2.05) is 13.8 Å². The predicted octanol–water partition coefficient (Wildman–Crippen LogP) is 4.08. The molecule has 0 saturated carbocycles. The first-order valence-electron chi connectivity index (χ1n) is 13.8. The number of carbonyl (C=O) groups is 1. The first-order chi connectivity index (χ1) is 19.0. The quantitative estimate of drug-likeness (QED) is 0.283. The summed E-state index contributed by atoms with van der Waals surface area (Å²) in [5, 5.41) is 0. The lowest BCUT2D eigenvalue weighted by Crippen LogP contribution is -2.39. The number of aromatic nitrogens is 2. The zero-order valence-corrected chi connectivity index (χ0v) is 23.2. The zero-order valence-electron chi connectivity index (χ0n) is 23.2. The molecular weight excluding hydrogens is 523 g/mol. The minimum absolute atomic E-state index is 0.0416. The first-order valence-corrected chi connectivity index (χ1v) is 13.8. The number of urea groups is 1. The van der Waals surface area contributed by atoms with Crippen molar-refractivity contribution in [1.29, 1.82) is 0 Å². The van der Waals surface area contributed by atoms with Crippen LogP contribution in [-0.2, 0) is 0 Å². The monoisotopic (exact) mass is 561 g/mol. The number of hydrogen-bond donors (Lipinski definition) is 2. The van der Waals surface area contributed by atoms with Crippen LogP contribution in [0, 0.1) is 35.2 Å². The molecule has 2 aliphatic rings. The first kappa shape index (κ1) is 29.6. The molecule has 1 aromatic carbocycles. The van der Waals surface area contributed by atoms with Crippen molar-refractivity contribution >= 4 is 17.8 Å². The van der Waals surface area contributed by atoms with Gasteiger partial charge in [0.1, 0.15) is 11.7 Å². The van der Waals surface area contributed by atoms with Gasteiger partial charge >= 0.3 is 6.03 Å². The van der Waals surface area contributed by atoms with Crippen LogP contribution >= 0.6 is 0 Å². The van der Waals surface area contributed by atoms with E-state index in [9.17, 15) is 18.0 Å². The summed E-state index contributed by atoms with van der Waals surface area (Å²) >= 11 is 0. The minimum atomic E-state index is -1.23. The number of halogens is 3.